The molecule has 0 spiro atoms. The van der Waals surface area contributed by atoms with Crippen LogP contribution in [-0.4, -0.2) is 16.6 Å². The van der Waals surface area contributed by atoms with E-state index in [1.54, 1.807) is 18.2 Å². The van der Waals surface area contributed by atoms with Crippen molar-refractivity contribution >= 4 is 16.9 Å². The molecule has 4 heteroatoms. The molecule has 0 saturated heterocycles. The van der Waals surface area contributed by atoms with Crippen molar-refractivity contribution < 1.29 is 13.9 Å². The highest BCUT2D eigenvalue weighted by Gasteiger charge is 2.23. The largest absolute Gasteiger partial charge is 0.457 e. The lowest BCUT2D eigenvalue weighted by Crippen LogP contribution is -2.22. The fourth-order valence-electron chi connectivity index (χ4n) is 3.67. The van der Waals surface area contributed by atoms with Gasteiger partial charge in [0.15, 0.2) is 0 Å². The summed E-state index contributed by atoms with van der Waals surface area (Å²) in [7, 11) is 0. The van der Waals surface area contributed by atoms with Crippen molar-refractivity contribution in [3.8, 4) is 0 Å². The molecule has 0 amide bonds. The molecule has 1 aromatic carbocycles. The number of nitrogens with zero attached hydrogens (tertiary/aromatic N) is 1. The Morgan fingerprint density at radius 3 is 2.62 bits per heavy atom. The average molecular weight is 355 g/mol. The smallest absolute Gasteiger partial charge is 0.330 e. The third-order valence-electron chi connectivity index (χ3n) is 4.86. The van der Waals surface area contributed by atoms with Crippen molar-refractivity contribution in [1.29, 1.82) is 0 Å². The van der Waals surface area contributed by atoms with E-state index in [0.717, 1.165) is 36.6 Å². The number of ether oxygens (including phenoxy) is 1. The monoisotopic (exact) mass is 355 g/mol. The number of carbonyl (C=O) groups is 1. The first kappa shape index (κ1) is 18.6. The number of benzene rings is 1. The average Bonchev–Trinajstić information content (AvgIpc) is 2.58. The fraction of sp³-hybridized carbons (Fsp3) is 0.455. The molecule has 0 atom stereocenters. The zero-order valence-electron chi connectivity index (χ0n) is 15.7. The Balaban J connectivity index is 1.64. The Bertz CT molecular complexity index is 814. The van der Waals surface area contributed by atoms with Gasteiger partial charge in [-0.05, 0) is 88.1 Å². The summed E-state index contributed by atoms with van der Waals surface area (Å²) >= 11 is 0. The summed E-state index contributed by atoms with van der Waals surface area (Å²) in [6, 6.07) is 6.80. The van der Waals surface area contributed by atoms with Crippen LogP contribution in [0.25, 0.3) is 10.9 Å². The van der Waals surface area contributed by atoms with Crippen LogP contribution in [0.2, 0.25) is 0 Å². The van der Waals surface area contributed by atoms with Crippen molar-refractivity contribution in [3.63, 3.8) is 0 Å². The van der Waals surface area contributed by atoms with Gasteiger partial charge in [0, 0.05) is 17.7 Å². The van der Waals surface area contributed by atoms with Crippen LogP contribution in [0.3, 0.4) is 0 Å². The minimum Gasteiger partial charge on any atom is -0.457 e. The van der Waals surface area contributed by atoms with E-state index in [9.17, 15) is 9.18 Å². The van der Waals surface area contributed by atoms with Crippen LogP contribution in [0.4, 0.5) is 4.39 Å². The number of hydrogen-bond donors (Lipinski definition) is 0. The molecular formula is C22H26FNO2. The lowest BCUT2D eigenvalue weighted by atomic mass is 9.78. The van der Waals surface area contributed by atoms with Crippen LogP contribution in [0, 0.1) is 11.7 Å². The van der Waals surface area contributed by atoms with Crippen LogP contribution in [-0.2, 0) is 9.53 Å². The van der Waals surface area contributed by atoms with Gasteiger partial charge in [-0.3, -0.25) is 4.98 Å². The van der Waals surface area contributed by atoms with Gasteiger partial charge in [0.2, 0.25) is 0 Å². The van der Waals surface area contributed by atoms with Gasteiger partial charge >= 0.3 is 5.97 Å². The number of carbonyl (C=O) groups excluding carboxylic acids is 1. The minimum atomic E-state index is -0.462. The molecule has 26 heavy (non-hydrogen) atoms. The maximum atomic E-state index is 13.7. The van der Waals surface area contributed by atoms with E-state index >= 15 is 0 Å². The molecule has 1 aliphatic rings. The molecule has 1 saturated carbocycles. The Morgan fingerprint density at radius 1 is 1.19 bits per heavy atom. The molecule has 1 aromatic heterocycles. The van der Waals surface area contributed by atoms with Crippen molar-refractivity contribution in [2.24, 2.45) is 5.92 Å². The van der Waals surface area contributed by atoms with E-state index in [1.807, 2.05) is 39.1 Å². The summed E-state index contributed by atoms with van der Waals surface area (Å²) in [5.74, 6) is 0.299. The summed E-state index contributed by atoms with van der Waals surface area (Å²) < 4.78 is 19.0. The van der Waals surface area contributed by atoms with Crippen molar-refractivity contribution in [3.05, 3.63) is 54.0 Å². The summed E-state index contributed by atoms with van der Waals surface area (Å²) in [6.07, 6.45) is 9.44. The molecule has 3 nitrogen and oxygen atoms in total. The minimum absolute atomic E-state index is 0.222. The number of esters is 1. The molecule has 0 unspecified atom stereocenters. The highest BCUT2D eigenvalue weighted by molar-refractivity contribution is 5.83. The van der Waals surface area contributed by atoms with E-state index in [2.05, 4.69) is 4.98 Å². The van der Waals surface area contributed by atoms with Crippen molar-refractivity contribution in [1.82, 2.24) is 4.98 Å². The van der Waals surface area contributed by atoms with Gasteiger partial charge in [0.1, 0.15) is 11.4 Å². The van der Waals surface area contributed by atoms with Crippen LogP contribution in [0.15, 0.2) is 42.6 Å². The highest BCUT2D eigenvalue weighted by Crippen LogP contribution is 2.38. The van der Waals surface area contributed by atoms with Gasteiger partial charge in [-0.25, -0.2) is 9.18 Å². The molecule has 0 radical (unpaired) electrons. The Hall–Kier alpha value is -2.23. The van der Waals surface area contributed by atoms with E-state index in [1.165, 1.54) is 11.6 Å². The first-order valence-corrected chi connectivity index (χ1v) is 9.27. The summed E-state index contributed by atoms with van der Waals surface area (Å²) in [6.45, 7) is 5.60. The predicted molar refractivity (Wildman–Crippen MR) is 101 cm³/mol. The number of halogens is 1. The number of rotatable bonds is 3. The van der Waals surface area contributed by atoms with Crippen LogP contribution in [0.1, 0.15) is 57.9 Å². The Labute approximate surface area is 154 Å². The number of allylic oxidation sites excluding steroid dienone is 1. The molecule has 3 rings (SSSR count). The Kier molecular flexibility index (Phi) is 5.40. The van der Waals surface area contributed by atoms with Crippen LogP contribution in [0.5, 0.6) is 0 Å². The zero-order valence-corrected chi connectivity index (χ0v) is 15.7. The summed E-state index contributed by atoms with van der Waals surface area (Å²) in [5.41, 5.74) is 1.57. The second-order valence-corrected chi connectivity index (χ2v) is 8.07. The van der Waals surface area contributed by atoms with Gasteiger partial charge in [-0.1, -0.05) is 6.08 Å². The second-order valence-electron chi connectivity index (χ2n) is 8.07. The third-order valence-corrected chi connectivity index (χ3v) is 4.86. The Morgan fingerprint density at radius 2 is 1.92 bits per heavy atom. The third kappa shape index (κ3) is 4.69. The van der Waals surface area contributed by atoms with Gasteiger partial charge in [-0.15, -0.1) is 0 Å². The molecule has 138 valence electrons. The van der Waals surface area contributed by atoms with Crippen LogP contribution < -0.4 is 0 Å². The number of hydrogen-bond acceptors (Lipinski definition) is 3. The van der Waals surface area contributed by atoms with E-state index in [4.69, 9.17) is 4.74 Å². The number of aromatic nitrogens is 1. The molecule has 0 bridgehead atoms. The fourth-order valence-corrected chi connectivity index (χ4v) is 3.67. The van der Waals surface area contributed by atoms with Gasteiger partial charge in [0.05, 0.1) is 5.52 Å². The molecule has 0 aliphatic heterocycles. The van der Waals surface area contributed by atoms with E-state index < -0.39 is 5.60 Å². The van der Waals surface area contributed by atoms with E-state index in [-0.39, 0.29) is 11.8 Å². The second kappa shape index (κ2) is 7.56. The van der Waals surface area contributed by atoms with Gasteiger partial charge in [-0.2, -0.15) is 0 Å². The number of fused-ring (bicyclic) bond motifs is 1. The normalized spacial score (nSPS) is 21.2. The SMILES string of the molecule is CC(C)(C)OC(=O)/C=C/C1CCC(c2ccnc3ccc(F)cc23)CC1. The number of pyridine rings is 1. The quantitative estimate of drug-likeness (QED) is 0.535. The lowest BCUT2D eigenvalue weighted by molar-refractivity contribution is -0.148. The van der Waals surface area contributed by atoms with E-state index in [0.29, 0.717) is 11.8 Å². The van der Waals surface area contributed by atoms with Crippen molar-refractivity contribution in [2.45, 2.75) is 58.0 Å². The topological polar surface area (TPSA) is 39.2 Å². The molecular weight excluding hydrogens is 329 g/mol. The summed E-state index contributed by atoms with van der Waals surface area (Å²) in [4.78, 5) is 16.2. The molecule has 1 aliphatic carbocycles. The van der Waals surface area contributed by atoms with Gasteiger partial charge < -0.3 is 4.74 Å². The first-order valence-electron chi connectivity index (χ1n) is 9.27. The maximum absolute atomic E-state index is 13.7. The standard InChI is InChI=1S/C22H26FNO2/c1-22(2,3)26-21(25)11-6-15-4-7-16(8-5-15)18-12-13-24-20-10-9-17(23)14-19(18)20/h6,9-16H,4-5,7-8H2,1-3H3/b11-6+. The van der Waals surface area contributed by atoms with Crippen LogP contribution >= 0.6 is 0 Å². The zero-order chi connectivity index (χ0) is 18.7. The molecule has 2 aromatic rings. The maximum Gasteiger partial charge on any atom is 0.330 e. The molecule has 1 heterocycles. The van der Waals surface area contributed by atoms with Gasteiger partial charge in [0.25, 0.3) is 0 Å². The predicted octanol–water partition coefficient (Wildman–Crippen LogP) is 5.55. The first-order chi connectivity index (χ1) is 12.3. The summed E-state index contributed by atoms with van der Waals surface area (Å²) in [5, 5.41) is 0.917. The molecule has 0 N–H and O–H groups in total. The van der Waals surface area contributed by atoms with Crippen molar-refractivity contribution in [2.75, 3.05) is 0 Å². The highest BCUT2D eigenvalue weighted by atomic mass is 19.1. The lowest BCUT2D eigenvalue weighted by Gasteiger charge is -2.28. The molecule has 1 fully saturated rings.